The van der Waals surface area contributed by atoms with Crippen LogP contribution in [0.15, 0.2) is 0 Å². The second-order valence-corrected chi connectivity index (χ2v) is 3.96. The third-order valence-electron chi connectivity index (χ3n) is 2.63. The highest BCUT2D eigenvalue weighted by Gasteiger charge is 2.12. The molecule has 2 atom stereocenters. The molecule has 2 nitrogen and oxygen atoms in total. The van der Waals surface area contributed by atoms with Crippen LogP contribution in [0.4, 0.5) is 0 Å². The Kier molecular flexibility index (Phi) is 6.87. The molecule has 0 radical (unpaired) electrons. The van der Waals surface area contributed by atoms with Crippen molar-refractivity contribution in [3.05, 3.63) is 0 Å². The first-order chi connectivity index (χ1) is 6.11. The fourth-order valence-corrected chi connectivity index (χ4v) is 1.63. The molecule has 0 aromatic carbocycles. The van der Waals surface area contributed by atoms with Crippen LogP contribution in [-0.2, 0) is 4.79 Å². The van der Waals surface area contributed by atoms with Crippen molar-refractivity contribution in [3.63, 3.8) is 0 Å². The standard InChI is InChI=1S/C11H23NO/c1-5-11(10(3)13)7-6-9(2)8-12-4/h9,11-12H,5-8H2,1-4H3. The predicted molar refractivity (Wildman–Crippen MR) is 56.8 cm³/mol. The minimum absolute atomic E-state index is 0.291. The Labute approximate surface area is 82.1 Å². The van der Waals surface area contributed by atoms with Crippen LogP contribution in [0.3, 0.4) is 0 Å². The summed E-state index contributed by atoms with van der Waals surface area (Å²) in [5.41, 5.74) is 0. The van der Waals surface area contributed by atoms with Gasteiger partial charge in [0.05, 0.1) is 0 Å². The third kappa shape index (κ3) is 5.81. The molecule has 1 N–H and O–H groups in total. The summed E-state index contributed by atoms with van der Waals surface area (Å²) in [5, 5.41) is 3.15. The first-order valence-electron chi connectivity index (χ1n) is 5.26. The molecule has 0 rings (SSSR count). The van der Waals surface area contributed by atoms with Gasteiger partial charge < -0.3 is 5.32 Å². The summed E-state index contributed by atoms with van der Waals surface area (Å²) in [6.45, 7) is 7.07. The fraction of sp³-hybridized carbons (Fsp3) is 0.909. The first-order valence-corrected chi connectivity index (χ1v) is 5.26. The largest absolute Gasteiger partial charge is 0.319 e. The molecule has 2 unspecified atom stereocenters. The lowest BCUT2D eigenvalue weighted by molar-refractivity contribution is -0.121. The van der Waals surface area contributed by atoms with Gasteiger partial charge in [0.1, 0.15) is 5.78 Å². The van der Waals surface area contributed by atoms with Gasteiger partial charge in [-0.3, -0.25) is 4.79 Å². The maximum absolute atomic E-state index is 11.1. The lowest BCUT2D eigenvalue weighted by atomic mass is 9.92. The summed E-state index contributed by atoms with van der Waals surface area (Å²) in [6.07, 6.45) is 3.19. The molecular formula is C11H23NO. The molecule has 0 bridgehead atoms. The van der Waals surface area contributed by atoms with E-state index in [-0.39, 0.29) is 0 Å². The number of hydrogen-bond acceptors (Lipinski definition) is 2. The van der Waals surface area contributed by atoms with E-state index in [1.165, 1.54) is 0 Å². The second kappa shape index (κ2) is 7.07. The van der Waals surface area contributed by atoms with E-state index in [9.17, 15) is 4.79 Å². The number of nitrogens with one attached hydrogen (secondary N) is 1. The van der Waals surface area contributed by atoms with Crippen molar-refractivity contribution in [2.24, 2.45) is 11.8 Å². The monoisotopic (exact) mass is 185 g/mol. The van der Waals surface area contributed by atoms with Gasteiger partial charge in [-0.15, -0.1) is 0 Å². The quantitative estimate of drug-likeness (QED) is 0.659. The van der Waals surface area contributed by atoms with Crippen LogP contribution >= 0.6 is 0 Å². The molecular weight excluding hydrogens is 162 g/mol. The van der Waals surface area contributed by atoms with Crippen molar-refractivity contribution in [2.75, 3.05) is 13.6 Å². The summed E-state index contributed by atoms with van der Waals surface area (Å²) in [6, 6.07) is 0. The van der Waals surface area contributed by atoms with Gasteiger partial charge in [0.2, 0.25) is 0 Å². The molecule has 0 aromatic heterocycles. The molecule has 78 valence electrons. The topological polar surface area (TPSA) is 29.1 Å². The molecule has 2 heteroatoms. The summed E-state index contributed by atoms with van der Waals surface area (Å²) in [7, 11) is 1.97. The molecule has 0 saturated carbocycles. The SMILES string of the molecule is CCC(CCC(C)CNC)C(C)=O. The smallest absolute Gasteiger partial charge is 0.132 e. The summed E-state index contributed by atoms with van der Waals surface area (Å²) in [5.74, 6) is 1.32. The van der Waals surface area contributed by atoms with Crippen LogP contribution in [0.25, 0.3) is 0 Å². The van der Waals surface area contributed by atoms with E-state index in [1.54, 1.807) is 6.92 Å². The zero-order chi connectivity index (χ0) is 10.3. The van der Waals surface area contributed by atoms with Gasteiger partial charge >= 0.3 is 0 Å². The van der Waals surface area contributed by atoms with Crippen molar-refractivity contribution in [1.82, 2.24) is 5.32 Å². The molecule has 0 spiro atoms. The second-order valence-electron chi connectivity index (χ2n) is 3.96. The molecule has 0 aliphatic rings. The van der Waals surface area contributed by atoms with Crippen molar-refractivity contribution >= 4 is 5.78 Å². The van der Waals surface area contributed by atoms with Crippen molar-refractivity contribution in [3.8, 4) is 0 Å². The molecule has 0 aliphatic heterocycles. The number of Topliss-reactive ketones (excluding diaryl/α,β-unsaturated/α-hetero) is 1. The molecule has 0 heterocycles. The highest BCUT2D eigenvalue weighted by atomic mass is 16.1. The van der Waals surface area contributed by atoms with Gasteiger partial charge in [0.15, 0.2) is 0 Å². The Hall–Kier alpha value is -0.370. The van der Waals surface area contributed by atoms with Crippen LogP contribution in [0, 0.1) is 11.8 Å². The van der Waals surface area contributed by atoms with Gasteiger partial charge in [0.25, 0.3) is 0 Å². The molecule has 0 saturated heterocycles. The third-order valence-corrected chi connectivity index (χ3v) is 2.63. The van der Waals surface area contributed by atoms with E-state index in [2.05, 4.69) is 19.2 Å². The predicted octanol–water partition coefficient (Wildman–Crippen LogP) is 2.24. The van der Waals surface area contributed by atoms with E-state index in [0.717, 1.165) is 25.8 Å². The van der Waals surface area contributed by atoms with Crippen LogP contribution in [0.2, 0.25) is 0 Å². The zero-order valence-electron chi connectivity index (χ0n) is 9.39. The van der Waals surface area contributed by atoms with Crippen molar-refractivity contribution in [1.29, 1.82) is 0 Å². The van der Waals surface area contributed by atoms with Crippen LogP contribution in [0.5, 0.6) is 0 Å². The maximum atomic E-state index is 11.1. The lowest BCUT2D eigenvalue weighted by Crippen LogP contribution is -2.18. The van der Waals surface area contributed by atoms with Crippen molar-refractivity contribution in [2.45, 2.75) is 40.0 Å². The lowest BCUT2D eigenvalue weighted by Gasteiger charge is -2.14. The van der Waals surface area contributed by atoms with E-state index >= 15 is 0 Å². The molecule has 0 aromatic rings. The van der Waals surface area contributed by atoms with E-state index in [1.807, 2.05) is 7.05 Å². The van der Waals surface area contributed by atoms with Crippen LogP contribution in [-0.4, -0.2) is 19.4 Å². The average Bonchev–Trinajstić information content (AvgIpc) is 2.05. The summed E-state index contributed by atoms with van der Waals surface area (Å²) < 4.78 is 0. The van der Waals surface area contributed by atoms with E-state index in [4.69, 9.17) is 0 Å². The molecule has 0 amide bonds. The van der Waals surface area contributed by atoms with Gasteiger partial charge in [0, 0.05) is 5.92 Å². The highest BCUT2D eigenvalue weighted by Crippen LogP contribution is 2.15. The number of rotatable bonds is 7. The van der Waals surface area contributed by atoms with Crippen LogP contribution < -0.4 is 5.32 Å². The minimum atomic E-state index is 0.291. The van der Waals surface area contributed by atoms with Gasteiger partial charge in [-0.1, -0.05) is 13.8 Å². The van der Waals surface area contributed by atoms with E-state index < -0.39 is 0 Å². The number of hydrogen-bond donors (Lipinski definition) is 1. The summed E-state index contributed by atoms with van der Waals surface area (Å²) >= 11 is 0. The average molecular weight is 185 g/mol. The minimum Gasteiger partial charge on any atom is -0.319 e. The van der Waals surface area contributed by atoms with Crippen LogP contribution in [0.1, 0.15) is 40.0 Å². The Morgan fingerprint density at radius 3 is 2.38 bits per heavy atom. The fourth-order valence-electron chi connectivity index (χ4n) is 1.63. The normalized spacial score (nSPS) is 15.4. The van der Waals surface area contributed by atoms with Gasteiger partial charge in [-0.05, 0) is 45.7 Å². The first kappa shape index (κ1) is 12.6. The number of carbonyl (C=O) groups excluding carboxylic acids is 1. The Balaban J connectivity index is 3.65. The number of ketones is 1. The molecule has 13 heavy (non-hydrogen) atoms. The number of carbonyl (C=O) groups is 1. The molecule has 0 fully saturated rings. The molecule has 0 aliphatic carbocycles. The zero-order valence-corrected chi connectivity index (χ0v) is 9.39. The van der Waals surface area contributed by atoms with Gasteiger partial charge in [-0.2, -0.15) is 0 Å². The Morgan fingerprint density at radius 1 is 1.38 bits per heavy atom. The Morgan fingerprint density at radius 2 is 2.00 bits per heavy atom. The van der Waals surface area contributed by atoms with Gasteiger partial charge in [-0.25, -0.2) is 0 Å². The Bertz CT molecular complexity index is 145. The maximum Gasteiger partial charge on any atom is 0.132 e. The summed E-state index contributed by atoms with van der Waals surface area (Å²) in [4.78, 5) is 11.1. The highest BCUT2D eigenvalue weighted by molar-refractivity contribution is 5.78. The van der Waals surface area contributed by atoms with Crippen molar-refractivity contribution < 1.29 is 4.79 Å². The van der Waals surface area contributed by atoms with E-state index in [0.29, 0.717) is 17.6 Å².